The van der Waals surface area contributed by atoms with E-state index in [4.69, 9.17) is 4.74 Å². The molecule has 1 rings (SSSR count). The van der Waals surface area contributed by atoms with Crippen LogP contribution in [0.5, 0.6) is 5.75 Å². The van der Waals surface area contributed by atoms with E-state index in [1.807, 2.05) is 13.0 Å². The number of aromatic hydroxyl groups is 1. The number of rotatable bonds is 10. The second-order valence-corrected chi connectivity index (χ2v) is 8.51. The minimum atomic E-state index is -1.19. The predicted octanol–water partition coefficient (Wildman–Crippen LogP) is 2.52. The molecule has 32 heavy (non-hydrogen) atoms. The number of unbranched alkanes of at least 4 members (excludes halogenated alkanes) is 1. The van der Waals surface area contributed by atoms with Crippen molar-refractivity contribution in [3.05, 3.63) is 29.8 Å². The summed E-state index contributed by atoms with van der Waals surface area (Å²) in [6.07, 6.45) is 0.784. The lowest BCUT2D eigenvalue weighted by molar-refractivity contribution is -0.141. The van der Waals surface area contributed by atoms with Gasteiger partial charge in [-0.1, -0.05) is 25.5 Å². The Hall–Kier alpha value is -2.93. The highest BCUT2D eigenvalue weighted by atomic mass is 32.1. The van der Waals surface area contributed by atoms with Crippen molar-refractivity contribution >= 4 is 30.5 Å². The molecule has 0 fully saturated rings. The van der Waals surface area contributed by atoms with Crippen molar-refractivity contribution in [1.82, 2.24) is 15.5 Å². The predicted molar refractivity (Wildman–Crippen MR) is 123 cm³/mol. The third-order valence-corrected chi connectivity index (χ3v) is 4.64. The lowest BCUT2D eigenvalue weighted by atomic mass is 10.0. The molecule has 10 heteroatoms. The fraction of sp³-hybridized carbons (Fsp3) is 0.545. The Labute approximate surface area is 194 Å². The number of alkyl carbamates (subject to hydrolysis) is 1. The van der Waals surface area contributed by atoms with Gasteiger partial charge in [0.05, 0.1) is 6.07 Å². The molecule has 3 N–H and O–H groups in total. The number of ether oxygens (including phenoxy) is 1. The molecule has 176 valence electrons. The summed E-state index contributed by atoms with van der Waals surface area (Å²) in [6.45, 7) is 7.01. The van der Waals surface area contributed by atoms with Crippen LogP contribution in [0.15, 0.2) is 24.3 Å². The van der Waals surface area contributed by atoms with Crippen LogP contribution in [-0.2, 0) is 14.3 Å². The van der Waals surface area contributed by atoms with Crippen LogP contribution in [0.4, 0.5) is 4.79 Å². The first kappa shape index (κ1) is 27.1. The van der Waals surface area contributed by atoms with Gasteiger partial charge < -0.3 is 25.4 Å². The summed E-state index contributed by atoms with van der Waals surface area (Å²) in [4.78, 5) is 39.6. The van der Waals surface area contributed by atoms with Crippen molar-refractivity contribution < 1.29 is 24.2 Å². The molecule has 0 saturated carbocycles. The van der Waals surface area contributed by atoms with Crippen molar-refractivity contribution in [3.63, 3.8) is 0 Å². The number of phenols is 1. The Kier molecular flexibility index (Phi) is 10.9. The number of phenolic OH excluding ortho intramolecular Hbond substituents is 1. The molecular weight excluding hydrogens is 432 g/mol. The van der Waals surface area contributed by atoms with Gasteiger partial charge in [-0.05, 0) is 44.9 Å². The van der Waals surface area contributed by atoms with Crippen LogP contribution in [0.1, 0.15) is 52.1 Å². The molecule has 1 aromatic rings. The fourth-order valence-electron chi connectivity index (χ4n) is 2.86. The summed E-state index contributed by atoms with van der Waals surface area (Å²) < 4.78 is 5.20. The van der Waals surface area contributed by atoms with E-state index in [9.17, 15) is 24.8 Å². The molecule has 3 amide bonds. The van der Waals surface area contributed by atoms with Crippen LogP contribution in [0.3, 0.4) is 0 Å². The number of nitrogens with one attached hydrogen (secondary N) is 2. The smallest absolute Gasteiger partial charge is 0.408 e. The Bertz CT molecular complexity index is 834. The molecule has 0 spiro atoms. The van der Waals surface area contributed by atoms with Gasteiger partial charge in [0.15, 0.2) is 0 Å². The summed E-state index contributed by atoms with van der Waals surface area (Å²) in [5.74, 6) is -1.34. The van der Waals surface area contributed by atoms with E-state index in [-0.39, 0.29) is 11.5 Å². The summed E-state index contributed by atoms with van der Waals surface area (Å²) in [7, 11) is 0. The zero-order chi connectivity index (χ0) is 24.3. The van der Waals surface area contributed by atoms with E-state index in [2.05, 4.69) is 23.3 Å². The lowest BCUT2D eigenvalue weighted by Crippen LogP contribution is -2.54. The maximum atomic E-state index is 13.3. The number of hydrogen-bond acceptors (Lipinski definition) is 7. The molecule has 0 aliphatic carbocycles. The first-order chi connectivity index (χ1) is 15.0. The molecule has 1 aromatic carbocycles. The molecule has 9 nitrogen and oxygen atoms in total. The molecule has 0 saturated heterocycles. The molecule has 2 unspecified atom stereocenters. The number of amides is 3. The maximum absolute atomic E-state index is 13.3. The van der Waals surface area contributed by atoms with Crippen LogP contribution in [0, 0.1) is 11.3 Å². The van der Waals surface area contributed by atoms with Gasteiger partial charge in [0.2, 0.25) is 11.8 Å². The quantitative estimate of drug-likeness (QED) is 0.239. The summed E-state index contributed by atoms with van der Waals surface area (Å²) in [6, 6.07) is 5.50. The van der Waals surface area contributed by atoms with Crippen LogP contribution in [-0.4, -0.2) is 58.4 Å². The van der Waals surface area contributed by atoms with Crippen LogP contribution in [0.25, 0.3) is 0 Å². The van der Waals surface area contributed by atoms with Crippen LogP contribution >= 0.6 is 12.6 Å². The number of thiol groups is 1. The highest BCUT2D eigenvalue weighted by Gasteiger charge is 2.35. The summed E-state index contributed by atoms with van der Waals surface area (Å²) >= 11 is 4.16. The van der Waals surface area contributed by atoms with Crippen molar-refractivity contribution in [1.29, 1.82) is 5.26 Å². The van der Waals surface area contributed by atoms with Crippen LogP contribution in [0.2, 0.25) is 0 Å². The number of nitriles is 1. The van der Waals surface area contributed by atoms with Crippen molar-refractivity contribution in [2.75, 3.05) is 18.8 Å². The normalized spacial score (nSPS) is 12.8. The molecule has 0 aliphatic rings. The minimum absolute atomic E-state index is 0.0791. The molecule has 0 aromatic heterocycles. The van der Waals surface area contributed by atoms with Gasteiger partial charge in [-0.25, -0.2) is 4.79 Å². The highest BCUT2D eigenvalue weighted by Crippen LogP contribution is 2.25. The summed E-state index contributed by atoms with van der Waals surface area (Å²) in [5, 5.41) is 24.5. The van der Waals surface area contributed by atoms with E-state index in [0.29, 0.717) is 12.1 Å². The van der Waals surface area contributed by atoms with Crippen molar-refractivity contribution in [2.45, 2.75) is 58.2 Å². The number of carbonyl (C=O) groups excluding carboxylic acids is 3. The zero-order valence-corrected chi connectivity index (χ0v) is 19.8. The summed E-state index contributed by atoms with van der Waals surface area (Å²) in [5.41, 5.74) is -0.443. The van der Waals surface area contributed by atoms with E-state index in [1.165, 1.54) is 12.1 Å². The fourth-order valence-corrected chi connectivity index (χ4v) is 3.11. The zero-order valence-electron chi connectivity index (χ0n) is 18.9. The molecule has 0 radical (unpaired) electrons. The topological polar surface area (TPSA) is 132 Å². The lowest BCUT2D eigenvalue weighted by Gasteiger charge is -2.32. The first-order valence-corrected chi connectivity index (χ1v) is 11.0. The Morgan fingerprint density at radius 2 is 2.00 bits per heavy atom. The Balaban J connectivity index is 3.27. The maximum Gasteiger partial charge on any atom is 0.408 e. The largest absolute Gasteiger partial charge is 0.508 e. The van der Waals surface area contributed by atoms with Gasteiger partial charge in [-0.15, -0.1) is 0 Å². The van der Waals surface area contributed by atoms with Crippen molar-refractivity contribution in [2.24, 2.45) is 0 Å². The van der Waals surface area contributed by atoms with Gasteiger partial charge in [-0.3, -0.25) is 9.59 Å². The number of benzene rings is 1. The van der Waals surface area contributed by atoms with E-state index < -0.39 is 42.1 Å². The molecule has 0 aliphatic heterocycles. The SMILES string of the molecule is CCCCNC(=O)C(c1cccc(O)c1)N(CC#N)C(=O)C(CS)NC(=O)OC(C)(C)C. The third kappa shape index (κ3) is 8.67. The van der Waals surface area contributed by atoms with Gasteiger partial charge in [0.1, 0.15) is 30.0 Å². The van der Waals surface area contributed by atoms with E-state index >= 15 is 0 Å². The van der Waals surface area contributed by atoms with E-state index in [0.717, 1.165) is 17.7 Å². The van der Waals surface area contributed by atoms with Gasteiger partial charge in [0, 0.05) is 12.3 Å². The second kappa shape index (κ2) is 12.8. The highest BCUT2D eigenvalue weighted by molar-refractivity contribution is 7.80. The average Bonchev–Trinajstić information content (AvgIpc) is 2.70. The number of nitrogens with zero attached hydrogens (tertiary/aromatic N) is 2. The van der Waals surface area contributed by atoms with Gasteiger partial charge >= 0.3 is 6.09 Å². The molecule has 2 atom stereocenters. The van der Waals surface area contributed by atoms with Crippen molar-refractivity contribution in [3.8, 4) is 11.8 Å². The minimum Gasteiger partial charge on any atom is -0.508 e. The number of carbonyl (C=O) groups is 3. The molecule has 0 heterocycles. The van der Waals surface area contributed by atoms with Gasteiger partial charge in [0.25, 0.3) is 0 Å². The monoisotopic (exact) mass is 464 g/mol. The Morgan fingerprint density at radius 1 is 1.31 bits per heavy atom. The Morgan fingerprint density at radius 3 is 2.53 bits per heavy atom. The molecular formula is C22H32N4O5S. The van der Waals surface area contributed by atoms with Gasteiger partial charge in [-0.2, -0.15) is 17.9 Å². The van der Waals surface area contributed by atoms with E-state index in [1.54, 1.807) is 32.9 Å². The van der Waals surface area contributed by atoms with Crippen LogP contribution < -0.4 is 10.6 Å². The first-order valence-electron chi connectivity index (χ1n) is 10.4. The number of hydrogen-bond donors (Lipinski definition) is 4. The standard InChI is InChI=1S/C22H32N4O5S/c1-5-6-11-24-19(28)18(15-8-7-9-16(27)13-15)26(12-10-23)20(29)17(14-32)25-21(30)31-22(2,3)4/h7-9,13,17-18,27,32H,5-6,11-12,14H2,1-4H3,(H,24,28)(H,25,30). The average molecular weight is 465 g/mol. The molecule has 0 bridgehead atoms. The third-order valence-electron chi connectivity index (χ3n) is 4.27. The second-order valence-electron chi connectivity index (χ2n) is 8.15.